The molecule has 0 fully saturated rings. The minimum atomic E-state index is -0.298. The highest BCUT2D eigenvalue weighted by Crippen LogP contribution is 2.22. The van der Waals surface area contributed by atoms with Crippen molar-refractivity contribution < 1.29 is 9.59 Å². The Bertz CT molecular complexity index is 1100. The smallest absolute Gasteiger partial charge is 0.272 e. The molecular weight excluding hydrogens is 396 g/mol. The lowest BCUT2D eigenvalue weighted by Gasteiger charge is -2.10. The van der Waals surface area contributed by atoms with E-state index in [1.165, 1.54) is 0 Å². The molecule has 2 N–H and O–H groups in total. The van der Waals surface area contributed by atoms with Crippen molar-refractivity contribution in [2.45, 2.75) is 0 Å². The summed E-state index contributed by atoms with van der Waals surface area (Å²) in [4.78, 5) is 27.1. The van der Waals surface area contributed by atoms with Crippen LogP contribution < -0.4 is 10.6 Å². The number of carbonyl (C=O) groups is 2. The summed E-state index contributed by atoms with van der Waals surface area (Å²) in [6, 6.07) is 7.06. The molecule has 164 valence electrons. The molecule has 0 saturated heterocycles. The predicted octanol–water partition coefficient (Wildman–Crippen LogP) is 2.66. The molecule has 0 radical (unpaired) electrons. The van der Waals surface area contributed by atoms with E-state index in [-0.39, 0.29) is 11.8 Å². The molecule has 0 aromatic carbocycles. The number of likely N-dealkylation sites (N-methyl/N-ethyl adjacent to an activating group) is 1. The molecule has 0 atom stereocenters. The molecule has 31 heavy (non-hydrogen) atoms. The van der Waals surface area contributed by atoms with Gasteiger partial charge in [-0.1, -0.05) is 0 Å². The molecule has 3 aromatic heterocycles. The van der Waals surface area contributed by atoms with Crippen LogP contribution in [-0.4, -0.2) is 57.6 Å². The number of rotatable bonds is 8. The summed E-state index contributed by atoms with van der Waals surface area (Å²) in [6.45, 7) is 1.29. The largest absolute Gasteiger partial charge is 0.349 e. The summed E-state index contributed by atoms with van der Waals surface area (Å²) < 4.78 is 5.22. The van der Waals surface area contributed by atoms with Crippen LogP contribution in [-0.2, 0) is 21.1 Å². The zero-order valence-corrected chi connectivity index (χ0v) is 18.5. The van der Waals surface area contributed by atoms with Gasteiger partial charge in [0, 0.05) is 52.8 Å². The van der Waals surface area contributed by atoms with E-state index < -0.39 is 0 Å². The molecule has 0 saturated carbocycles. The number of anilines is 1. The fourth-order valence-corrected chi connectivity index (χ4v) is 3.03. The highest BCUT2D eigenvalue weighted by molar-refractivity contribution is 6.04. The molecule has 0 aliphatic heterocycles. The molecular formula is C21H28N8O2. The van der Waals surface area contributed by atoms with Gasteiger partial charge in [0.15, 0.2) is 5.82 Å². The van der Waals surface area contributed by atoms with Crippen LogP contribution in [0.4, 0.5) is 17.2 Å². The Morgan fingerprint density at radius 3 is 2.35 bits per heavy atom. The van der Waals surface area contributed by atoms with Crippen LogP contribution in [0, 0.1) is 0 Å². The van der Waals surface area contributed by atoms with Crippen molar-refractivity contribution in [3.05, 3.63) is 54.2 Å². The van der Waals surface area contributed by atoms with Crippen LogP contribution in [0.3, 0.4) is 0 Å². The third kappa shape index (κ3) is 5.48. The lowest BCUT2D eigenvalue weighted by atomic mass is 10.3. The van der Waals surface area contributed by atoms with Crippen LogP contribution in [0.15, 0.2) is 53.1 Å². The van der Waals surface area contributed by atoms with E-state index >= 15 is 0 Å². The number of aromatic nitrogens is 3. The maximum Gasteiger partial charge on any atom is 0.272 e. The van der Waals surface area contributed by atoms with Crippen molar-refractivity contribution in [2.75, 3.05) is 32.5 Å². The van der Waals surface area contributed by atoms with E-state index in [2.05, 4.69) is 20.9 Å². The van der Waals surface area contributed by atoms with Gasteiger partial charge in [-0.25, -0.2) is 0 Å². The van der Waals surface area contributed by atoms with Gasteiger partial charge in [0.25, 0.3) is 11.8 Å². The first kappa shape index (κ1) is 22.0. The third-order valence-electron chi connectivity index (χ3n) is 4.75. The number of hydrogen-bond donors (Lipinski definition) is 2. The number of nitrogens with zero attached hydrogens (tertiary/aromatic N) is 6. The van der Waals surface area contributed by atoms with Gasteiger partial charge in [-0.3, -0.25) is 9.59 Å². The second-order valence-electron chi connectivity index (χ2n) is 7.61. The van der Waals surface area contributed by atoms with Crippen LogP contribution >= 0.6 is 0 Å². The molecule has 3 aromatic rings. The number of aryl methyl sites for hydroxylation is 3. The number of carbonyl (C=O) groups excluding carboxylic acids is 2. The molecule has 0 aliphatic carbocycles. The fraction of sp³-hybridized carbons (Fsp3) is 0.333. The van der Waals surface area contributed by atoms with Crippen molar-refractivity contribution in [1.82, 2.24) is 23.9 Å². The number of hydrogen-bond acceptors (Lipinski definition) is 5. The number of nitrogens with one attached hydrogen (secondary N) is 2. The second kappa shape index (κ2) is 9.43. The lowest BCUT2D eigenvalue weighted by molar-refractivity contribution is 0.0942. The Balaban J connectivity index is 1.67. The average Bonchev–Trinajstić information content (AvgIpc) is 3.38. The highest BCUT2D eigenvalue weighted by atomic mass is 16.2. The van der Waals surface area contributed by atoms with Gasteiger partial charge < -0.3 is 29.2 Å². The maximum atomic E-state index is 12.7. The van der Waals surface area contributed by atoms with Crippen molar-refractivity contribution >= 4 is 29.0 Å². The second-order valence-corrected chi connectivity index (χ2v) is 7.61. The molecule has 3 heterocycles. The van der Waals surface area contributed by atoms with E-state index in [1.807, 2.05) is 48.9 Å². The van der Waals surface area contributed by atoms with Crippen LogP contribution in [0.2, 0.25) is 0 Å². The molecule has 2 amide bonds. The van der Waals surface area contributed by atoms with Gasteiger partial charge in [-0.15, -0.1) is 10.2 Å². The molecule has 10 nitrogen and oxygen atoms in total. The van der Waals surface area contributed by atoms with Crippen LogP contribution in [0.25, 0.3) is 0 Å². The van der Waals surface area contributed by atoms with E-state index in [9.17, 15) is 9.59 Å². The quantitative estimate of drug-likeness (QED) is 0.544. The highest BCUT2D eigenvalue weighted by Gasteiger charge is 2.16. The average molecular weight is 425 g/mol. The minimum absolute atomic E-state index is 0.188. The Morgan fingerprint density at radius 1 is 0.968 bits per heavy atom. The normalized spacial score (nSPS) is 11.4. The molecule has 0 bridgehead atoms. The first-order valence-corrected chi connectivity index (χ1v) is 9.84. The zero-order valence-electron chi connectivity index (χ0n) is 18.5. The lowest BCUT2D eigenvalue weighted by Crippen LogP contribution is -2.32. The van der Waals surface area contributed by atoms with E-state index in [4.69, 9.17) is 0 Å². The third-order valence-corrected chi connectivity index (χ3v) is 4.75. The summed E-state index contributed by atoms with van der Waals surface area (Å²) in [6.07, 6.45) is 5.32. The first-order valence-electron chi connectivity index (χ1n) is 9.84. The Kier molecular flexibility index (Phi) is 6.71. The van der Waals surface area contributed by atoms with Crippen molar-refractivity contribution in [3.8, 4) is 0 Å². The monoisotopic (exact) mass is 424 g/mol. The van der Waals surface area contributed by atoms with Crippen molar-refractivity contribution in [1.29, 1.82) is 0 Å². The Morgan fingerprint density at radius 2 is 1.68 bits per heavy atom. The molecule has 0 unspecified atom stereocenters. The number of azo groups is 1. The Hall–Kier alpha value is -3.66. The summed E-state index contributed by atoms with van der Waals surface area (Å²) >= 11 is 0. The van der Waals surface area contributed by atoms with Gasteiger partial charge in [0.2, 0.25) is 0 Å². The van der Waals surface area contributed by atoms with Crippen molar-refractivity contribution in [3.63, 3.8) is 0 Å². The summed E-state index contributed by atoms with van der Waals surface area (Å²) in [5.41, 5.74) is 2.01. The Labute approximate surface area is 181 Å². The first-order chi connectivity index (χ1) is 14.7. The maximum absolute atomic E-state index is 12.7. The number of amides is 2. The van der Waals surface area contributed by atoms with Crippen LogP contribution in [0.1, 0.15) is 21.0 Å². The fourth-order valence-electron chi connectivity index (χ4n) is 3.03. The SMILES string of the molecule is CN(C)CCNC(=O)c1cc(NC(=O)c2cc(N=Nc3cccn3C)cn2C)cn1C. The van der Waals surface area contributed by atoms with Gasteiger partial charge in [-0.2, -0.15) is 0 Å². The summed E-state index contributed by atoms with van der Waals surface area (Å²) in [5, 5.41) is 14.1. The summed E-state index contributed by atoms with van der Waals surface area (Å²) in [7, 11) is 9.31. The zero-order chi connectivity index (χ0) is 22.5. The summed E-state index contributed by atoms with van der Waals surface area (Å²) in [5.74, 6) is 0.232. The molecule has 10 heteroatoms. The topological polar surface area (TPSA) is 101 Å². The van der Waals surface area contributed by atoms with E-state index in [0.29, 0.717) is 29.3 Å². The van der Waals surface area contributed by atoms with E-state index in [0.717, 1.165) is 12.4 Å². The molecule has 0 spiro atoms. The molecule has 0 aliphatic rings. The minimum Gasteiger partial charge on any atom is -0.349 e. The standard InChI is InChI=1S/C21H28N8O2/c1-26(2)10-8-22-20(30)17-11-15(13-28(17)4)23-21(31)18-12-16(14-29(18)5)24-25-19-7-6-9-27(19)3/h6-7,9,11-14H,8,10H2,1-5H3,(H,22,30)(H,23,31). The van der Waals surface area contributed by atoms with Gasteiger partial charge in [0.05, 0.1) is 5.69 Å². The van der Waals surface area contributed by atoms with Crippen molar-refractivity contribution in [2.24, 2.45) is 31.4 Å². The van der Waals surface area contributed by atoms with E-state index in [1.54, 1.807) is 47.8 Å². The van der Waals surface area contributed by atoms with Gasteiger partial charge >= 0.3 is 0 Å². The van der Waals surface area contributed by atoms with Gasteiger partial charge in [-0.05, 0) is 38.4 Å². The van der Waals surface area contributed by atoms with Crippen LogP contribution in [0.5, 0.6) is 0 Å². The predicted molar refractivity (Wildman–Crippen MR) is 119 cm³/mol. The van der Waals surface area contributed by atoms with Gasteiger partial charge in [0.1, 0.15) is 17.1 Å². The molecule has 3 rings (SSSR count).